The summed E-state index contributed by atoms with van der Waals surface area (Å²) in [5.74, 6) is 0.593. The molecule has 1 aliphatic rings. The van der Waals surface area contributed by atoms with E-state index in [0.717, 1.165) is 36.6 Å². The van der Waals surface area contributed by atoms with Crippen molar-refractivity contribution in [3.8, 4) is 0 Å². The summed E-state index contributed by atoms with van der Waals surface area (Å²) in [5.41, 5.74) is 1.90. The number of carboxylic acids is 1. The summed E-state index contributed by atoms with van der Waals surface area (Å²) in [5, 5.41) is 8.81. The zero-order valence-electron chi connectivity index (χ0n) is 9.16. The van der Waals surface area contributed by atoms with Crippen LogP contribution in [0.3, 0.4) is 0 Å². The molecule has 0 fully saturated rings. The summed E-state index contributed by atoms with van der Waals surface area (Å²) in [4.78, 5) is 15.1. The minimum Gasteiger partial charge on any atom is -0.481 e. The Hall–Kier alpha value is -1.32. The second kappa shape index (κ2) is 3.68. The number of imidazole rings is 1. The molecule has 0 aliphatic carbocycles. The third kappa shape index (κ3) is 1.76. The van der Waals surface area contributed by atoms with Crippen LogP contribution in [-0.4, -0.2) is 20.6 Å². The van der Waals surface area contributed by atoms with E-state index in [2.05, 4.69) is 16.5 Å². The summed E-state index contributed by atoms with van der Waals surface area (Å²) < 4.78 is 2.17. The lowest BCUT2D eigenvalue weighted by atomic mass is 9.95. The molecule has 1 aromatic rings. The average Bonchev–Trinajstić information content (AvgIpc) is 2.44. The van der Waals surface area contributed by atoms with Gasteiger partial charge in [0, 0.05) is 12.2 Å². The van der Waals surface area contributed by atoms with E-state index in [0.29, 0.717) is 5.92 Å². The van der Waals surface area contributed by atoms with Crippen LogP contribution >= 0.6 is 0 Å². The Morgan fingerprint density at radius 2 is 2.40 bits per heavy atom. The van der Waals surface area contributed by atoms with E-state index >= 15 is 0 Å². The number of aryl methyl sites for hydroxylation is 1. The Bertz CT molecular complexity index is 396. The van der Waals surface area contributed by atoms with Crippen molar-refractivity contribution >= 4 is 5.97 Å². The normalized spacial score (nSPS) is 20.0. The fourth-order valence-corrected chi connectivity index (χ4v) is 2.44. The van der Waals surface area contributed by atoms with Crippen LogP contribution in [0.15, 0.2) is 0 Å². The van der Waals surface area contributed by atoms with Crippen molar-refractivity contribution in [2.24, 2.45) is 0 Å². The van der Waals surface area contributed by atoms with E-state index in [9.17, 15) is 4.79 Å². The molecule has 0 saturated carbocycles. The van der Waals surface area contributed by atoms with Crippen LogP contribution in [0.4, 0.5) is 0 Å². The number of hydrogen-bond donors (Lipinski definition) is 1. The van der Waals surface area contributed by atoms with Gasteiger partial charge in [0.25, 0.3) is 0 Å². The number of carboxylic acid groups (broad SMARTS) is 1. The maximum Gasteiger partial charge on any atom is 0.309 e. The van der Waals surface area contributed by atoms with E-state index in [1.165, 1.54) is 0 Å². The number of fused-ring (bicyclic) bond motifs is 1. The molecule has 1 atom stereocenters. The lowest BCUT2D eigenvalue weighted by Gasteiger charge is -2.22. The second-order valence-corrected chi connectivity index (χ2v) is 4.26. The van der Waals surface area contributed by atoms with Crippen LogP contribution in [0.1, 0.15) is 42.9 Å². The highest BCUT2D eigenvalue weighted by Gasteiger charge is 2.24. The molecular weight excluding hydrogens is 192 g/mol. The van der Waals surface area contributed by atoms with Gasteiger partial charge in [-0.25, -0.2) is 4.98 Å². The van der Waals surface area contributed by atoms with Gasteiger partial charge in [0.2, 0.25) is 0 Å². The highest BCUT2D eigenvalue weighted by molar-refractivity contribution is 5.70. The molecule has 82 valence electrons. The largest absolute Gasteiger partial charge is 0.481 e. The van der Waals surface area contributed by atoms with Crippen LogP contribution in [0.25, 0.3) is 0 Å². The van der Waals surface area contributed by atoms with E-state index in [-0.39, 0.29) is 6.42 Å². The van der Waals surface area contributed by atoms with Gasteiger partial charge in [0.05, 0.1) is 12.1 Å². The standard InChI is InChI=1S/C11H16N2O2/c1-7-4-3-5-13-8(2)12-9(11(7)13)6-10(14)15/h7H,3-6H2,1-2H3,(H,14,15). The average molecular weight is 208 g/mol. The van der Waals surface area contributed by atoms with Gasteiger partial charge in [-0.15, -0.1) is 0 Å². The van der Waals surface area contributed by atoms with E-state index < -0.39 is 5.97 Å². The van der Waals surface area contributed by atoms with Crippen LogP contribution in [0.5, 0.6) is 0 Å². The number of aromatic nitrogens is 2. The smallest absolute Gasteiger partial charge is 0.309 e. The van der Waals surface area contributed by atoms with Gasteiger partial charge in [-0.1, -0.05) is 6.92 Å². The van der Waals surface area contributed by atoms with Crippen molar-refractivity contribution in [1.82, 2.24) is 9.55 Å². The van der Waals surface area contributed by atoms with Gasteiger partial charge in [0.1, 0.15) is 5.82 Å². The molecule has 1 aromatic heterocycles. The quantitative estimate of drug-likeness (QED) is 0.805. The van der Waals surface area contributed by atoms with Gasteiger partial charge in [-0.3, -0.25) is 4.79 Å². The number of rotatable bonds is 2. The zero-order valence-corrected chi connectivity index (χ0v) is 9.16. The van der Waals surface area contributed by atoms with Gasteiger partial charge in [0.15, 0.2) is 0 Å². The minimum absolute atomic E-state index is 0.0491. The van der Waals surface area contributed by atoms with Crippen LogP contribution in [0, 0.1) is 6.92 Å². The first kappa shape index (κ1) is 10.2. The maximum absolute atomic E-state index is 10.7. The van der Waals surface area contributed by atoms with Crippen molar-refractivity contribution < 1.29 is 9.90 Å². The Balaban J connectivity index is 2.43. The number of nitrogens with zero attached hydrogens (tertiary/aromatic N) is 2. The summed E-state index contributed by atoms with van der Waals surface area (Å²) in [6.07, 6.45) is 2.35. The first-order valence-electron chi connectivity index (χ1n) is 5.37. The SMILES string of the molecule is Cc1nc(CC(=O)O)c2n1CCCC2C. The van der Waals surface area contributed by atoms with E-state index in [1.807, 2.05) is 6.92 Å². The summed E-state index contributed by atoms with van der Waals surface area (Å²) in [6, 6.07) is 0. The third-order valence-electron chi connectivity index (χ3n) is 3.08. The fourth-order valence-electron chi connectivity index (χ4n) is 2.44. The van der Waals surface area contributed by atoms with Crippen molar-refractivity contribution in [3.63, 3.8) is 0 Å². The Morgan fingerprint density at radius 3 is 3.07 bits per heavy atom. The second-order valence-electron chi connectivity index (χ2n) is 4.26. The van der Waals surface area contributed by atoms with Crippen molar-refractivity contribution in [2.45, 2.75) is 45.6 Å². The van der Waals surface area contributed by atoms with Crippen LogP contribution in [-0.2, 0) is 17.8 Å². The van der Waals surface area contributed by atoms with Gasteiger partial charge < -0.3 is 9.67 Å². The lowest BCUT2D eigenvalue weighted by molar-refractivity contribution is -0.136. The molecule has 1 aliphatic heterocycles. The molecule has 4 heteroatoms. The highest BCUT2D eigenvalue weighted by atomic mass is 16.4. The molecule has 1 N–H and O–H groups in total. The Morgan fingerprint density at radius 1 is 1.67 bits per heavy atom. The molecule has 0 spiro atoms. The van der Waals surface area contributed by atoms with Crippen LogP contribution in [0.2, 0.25) is 0 Å². The predicted octanol–water partition coefficient (Wildman–Crippen LogP) is 1.72. The molecular formula is C11H16N2O2. The number of aliphatic carboxylic acids is 1. The molecule has 2 rings (SSSR count). The molecule has 0 radical (unpaired) electrons. The lowest BCUT2D eigenvalue weighted by Crippen LogP contribution is -2.16. The number of hydrogen-bond acceptors (Lipinski definition) is 2. The van der Waals surface area contributed by atoms with Crippen molar-refractivity contribution in [3.05, 3.63) is 17.2 Å². The molecule has 0 saturated heterocycles. The van der Waals surface area contributed by atoms with Gasteiger partial charge in [-0.05, 0) is 25.7 Å². The van der Waals surface area contributed by atoms with E-state index in [4.69, 9.17) is 5.11 Å². The molecule has 1 unspecified atom stereocenters. The maximum atomic E-state index is 10.7. The minimum atomic E-state index is -0.798. The fraction of sp³-hybridized carbons (Fsp3) is 0.636. The van der Waals surface area contributed by atoms with Crippen molar-refractivity contribution in [2.75, 3.05) is 0 Å². The Labute approximate surface area is 88.9 Å². The zero-order chi connectivity index (χ0) is 11.0. The molecule has 0 aromatic carbocycles. The molecule has 15 heavy (non-hydrogen) atoms. The van der Waals surface area contributed by atoms with E-state index in [1.54, 1.807) is 0 Å². The number of carbonyl (C=O) groups is 1. The summed E-state index contributed by atoms with van der Waals surface area (Å²) in [6.45, 7) is 5.09. The van der Waals surface area contributed by atoms with Crippen molar-refractivity contribution in [1.29, 1.82) is 0 Å². The topological polar surface area (TPSA) is 55.1 Å². The highest BCUT2D eigenvalue weighted by Crippen LogP contribution is 2.30. The predicted molar refractivity (Wildman–Crippen MR) is 56.0 cm³/mol. The van der Waals surface area contributed by atoms with Gasteiger partial charge in [-0.2, -0.15) is 0 Å². The first-order valence-corrected chi connectivity index (χ1v) is 5.37. The summed E-state index contributed by atoms with van der Waals surface area (Å²) >= 11 is 0. The van der Waals surface area contributed by atoms with Crippen LogP contribution < -0.4 is 0 Å². The molecule has 0 bridgehead atoms. The first-order chi connectivity index (χ1) is 7.09. The third-order valence-corrected chi connectivity index (χ3v) is 3.08. The monoisotopic (exact) mass is 208 g/mol. The summed E-state index contributed by atoms with van der Waals surface area (Å²) in [7, 11) is 0. The Kier molecular flexibility index (Phi) is 2.50. The van der Waals surface area contributed by atoms with Gasteiger partial charge >= 0.3 is 5.97 Å². The molecule has 0 amide bonds. The molecule has 2 heterocycles. The molecule has 4 nitrogen and oxygen atoms in total.